The predicted molar refractivity (Wildman–Crippen MR) is 405 cm³/mol. The molecule has 0 aliphatic carbocycles. The molecule has 18 rings (SSSR count). The van der Waals surface area contributed by atoms with Crippen LogP contribution in [0.4, 0.5) is 0 Å². The van der Waals surface area contributed by atoms with Crippen molar-refractivity contribution in [2.24, 2.45) is 0 Å². The van der Waals surface area contributed by atoms with Gasteiger partial charge < -0.3 is 4.57 Å². The summed E-state index contributed by atoms with van der Waals surface area (Å²) in [4.78, 5) is 0. The molecule has 95 heavy (non-hydrogen) atoms. The van der Waals surface area contributed by atoms with Gasteiger partial charge in [-0.1, -0.05) is 303 Å². The monoisotopic (exact) mass is 1200 g/mol. The van der Waals surface area contributed by atoms with Gasteiger partial charge in [-0.3, -0.25) is 0 Å². The Bertz CT molecular complexity index is 5600. The Balaban J connectivity index is 0.860. The van der Waals surface area contributed by atoms with Crippen LogP contribution in [0.25, 0.3) is 182 Å². The van der Waals surface area contributed by atoms with Crippen molar-refractivity contribution in [3.63, 3.8) is 0 Å². The lowest BCUT2D eigenvalue weighted by atomic mass is 9.87. The average molecular weight is 1200 g/mol. The summed E-state index contributed by atoms with van der Waals surface area (Å²) in [5, 5.41) is 12.4. The van der Waals surface area contributed by atoms with Gasteiger partial charge in [-0.25, -0.2) is 0 Å². The van der Waals surface area contributed by atoms with Gasteiger partial charge in [0.15, 0.2) is 0 Å². The fourth-order valence-corrected chi connectivity index (χ4v) is 14.9. The smallest absolute Gasteiger partial charge is 0.0541 e. The van der Waals surface area contributed by atoms with E-state index in [0.717, 1.165) is 50.1 Å². The number of nitrogens with zero attached hydrogens (tertiary/aromatic N) is 1. The molecule has 0 N–H and O–H groups in total. The molecular formula is C94H61N. The second-order valence-corrected chi connectivity index (χ2v) is 25.1. The minimum atomic E-state index is 1.09. The van der Waals surface area contributed by atoms with Gasteiger partial charge in [0.2, 0.25) is 0 Å². The molecule has 0 aliphatic heterocycles. The lowest BCUT2D eigenvalue weighted by Crippen LogP contribution is -1.96. The topological polar surface area (TPSA) is 4.93 Å². The first kappa shape index (κ1) is 55.4. The summed E-state index contributed by atoms with van der Waals surface area (Å²) >= 11 is 0. The zero-order valence-corrected chi connectivity index (χ0v) is 52.2. The molecule has 0 spiro atoms. The fraction of sp³-hybridized carbons (Fsp3) is 0. The molecule has 442 valence electrons. The molecule has 1 aromatic heterocycles. The lowest BCUT2D eigenvalue weighted by Gasteiger charge is -2.16. The molecule has 0 aliphatic rings. The molecule has 0 fully saturated rings. The molecule has 18 aromatic rings. The van der Waals surface area contributed by atoms with Crippen molar-refractivity contribution in [3.8, 4) is 117 Å². The van der Waals surface area contributed by atoms with Gasteiger partial charge in [-0.2, -0.15) is 0 Å². The number of benzene rings is 17. The van der Waals surface area contributed by atoms with E-state index < -0.39 is 0 Å². The first-order valence-corrected chi connectivity index (χ1v) is 32.9. The molecular weight excluding hydrogens is 1140 g/mol. The first-order valence-electron chi connectivity index (χ1n) is 32.9. The maximum Gasteiger partial charge on any atom is 0.0541 e. The molecule has 0 bridgehead atoms. The molecule has 1 heteroatoms. The van der Waals surface area contributed by atoms with Crippen LogP contribution in [0.2, 0.25) is 0 Å². The summed E-state index contributed by atoms with van der Waals surface area (Å²) in [7, 11) is 0. The molecule has 1 heterocycles. The van der Waals surface area contributed by atoms with Crippen molar-refractivity contribution in [1.82, 2.24) is 4.57 Å². The molecule has 0 amide bonds. The number of hydrogen-bond acceptors (Lipinski definition) is 0. The predicted octanol–water partition coefficient (Wildman–Crippen LogP) is 26.1. The van der Waals surface area contributed by atoms with E-state index in [0.29, 0.717) is 0 Å². The van der Waals surface area contributed by atoms with Gasteiger partial charge in [0.05, 0.1) is 11.0 Å². The zero-order valence-electron chi connectivity index (χ0n) is 52.2. The van der Waals surface area contributed by atoms with Crippen molar-refractivity contribution >= 4 is 64.9 Å². The molecule has 0 saturated carbocycles. The number of aromatic nitrogens is 1. The molecule has 0 saturated heterocycles. The van der Waals surface area contributed by atoms with Crippen LogP contribution in [-0.4, -0.2) is 4.57 Å². The zero-order chi connectivity index (χ0) is 62.8. The van der Waals surface area contributed by atoms with Crippen molar-refractivity contribution < 1.29 is 0 Å². The Morgan fingerprint density at radius 3 is 0.832 bits per heavy atom. The van der Waals surface area contributed by atoms with E-state index in [1.165, 1.54) is 132 Å². The highest BCUT2D eigenvalue weighted by atomic mass is 15.0. The molecule has 0 unspecified atom stereocenters. The Morgan fingerprint density at radius 2 is 0.432 bits per heavy atom. The summed E-state index contributed by atoms with van der Waals surface area (Å²) < 4.78 is 2.51. The summed E-state index contributed by atoms with van der Waals surface area (Å²) in [6, 6.07) is 137. The quantitative estimate of drug-likeness (QED) is 0.114. The van der Waals surface area contributed by atoms with Gasteiger partial charge >= 0.3 is 0 Å². The van der Waals surface area contributed by atoms with Crippen LogP contribution in [0.5, 0.6) is 0 Å². The summed E-state index contributed by atoms with van der Waals surface area (Å²) in [6.07, 6.45) is 0. The minimum Gasteiger partial charge on any atom is -0.309 e. The highest BCUT2D eigenvalue weighted by molar-refractivity contribution is 6.17. The Kier molecular flexibility index (Phi) is 13.6. The summed E-state index contributed by atoms with van der Waals surface area (Å²) in [6.45, 7) is 0. The molecule has 1 nitrogen and oxygen atoms in total. The van der Waals surface area contributed by atoms with E-state index in [1.54, 1.807) is 0 Å². The SMILES string of the molecule is c1ccc(-c2ccc(-c3cc(-c4ccc(-c5ccccc5)cc4)cc(-n4c5ccc(-c6ccc(-c7cc8ccccc8c8ccccc78)cc6-c6ccccc6)cc5c5cc(-c6ccc(-c7cc8ccccc8c8ccccc78)cc6-c6ccccc6)ccc54)c3)cc2)cc1. The van der Waals surface area contributed by atoms with Crippen molar-refractivity contribution in [3.05, 3.63) is 370 Å². The molecule has 17 aromatic carbocycles. The van der Waals surface area contributed by atoms with E-state index in [-0.39, 0.29) is 0 Å². The number of hydrogen-bond donors (Lipinski definition) is 0. The average Bonchev–Trinajstić information content (AvgIpc) is 1.34. The molecule has 0 atom stereocenters. The highest BCUT2D eigenvalue weighted by Gasteiger charge is 2.21. The Hall–Kier alpha value is -12.4. The van der Waals surface area contributed by atoms with E-state index >= 15 is 0 Å². The van der Waals surface area contributed by atoms with Crippen LogP contribution < -0.4 is 0 Å². The third kappa shape index (κ3) is 9.98. The maximum atomic E-state index is 2.51. The third-order valence-electron chi connectivity index (χ3n) is 19.6. The number of rotatable bonds is 11. The van der Waals surface area contributed by atoms with Crippen molar-refractivity contribution in [1.29, 1.82) is 0 Å². The second-order valence-electron chi connectivity index (χ2n) is 25.1. The van der Waals surface area contributed by atoms with Gasteiger partial charge in [-0.15, -0.1) is 0 Å². The van der Waals surface area contributed by atoms with Crippen LogP contribution in [0.15, 0.2) is 370 Å². The van der Waals surface area contributed by atoms with Crippen LogP contribution in [-0.2, 0) is 0 Å². The minimum absolute atomic E-state index is 1.09. The third-order valence-corrected chi connectivity index (χ3v) is 19.6. The van der Waals surface area contributed by atoms with Gasteiger partial charge in [0, 0.05) is 16.5 Å². The van der Waals surface area contributed by atoms with E-state index in [9.17, 15) is 0 Å². The van der Waals surface area contributed by atoms with Crippen LogP contribution in [0, 0.1) is 0 Å². The molecule has 0 radical (unpaired) electrons. The van der Waals surface area contributed by atoms with Crippen LogP contribution in [0.1, 0.15) is 0 Å². The normalized spacial score (nSPS) is 11.6. The second kappa shape index (κ2) is 23.4. The lowest BCUT2D eigenvalue weighted by molar-refractivity contribution is 1.18. The van der Waals surface area contributed by atoms with E-state index in [2.05, 4.69) is 375 Å². The maximum absolute atomic E-state index is 2.51. The largest absolute Gasteiger partial charge is 0.309 e. The van der Waals surface area contributed by atoms with E-state index in [4.69, 9.17) is 0 Å². The van der Waals surface area contributed by atoms with Gasteiger partial charge in [0.25, 0.3) is 0 Å². The first-order chi connectivity index (χ1) is 47.1. The Morgan fingerprint density at radius 1 is 0.137 bits per heavy atom. The number of fused-ring (bicyclic) bond motifs is 9. The van der Waals surface area contributed by atoms with Gasteiger partial charge in [-0.05, 0) is 221 Å². The van der Waals surface area contributed by atoms with Gasteiger partial charge in [0.1, 0.15) is 0 Å². The Labute approximate surface area is 553 Å². The van der Waals surface area contributed by atoms with Crippen LogP contribution in [0.3, 0.4) is 0 Å². The summed E-state index contributed by atoms with van der Waals surface area (Å²) in [5.74, 6) is 0. The fourth-order valence-electron chi connectivity index (χ4n) is 14.9. The summed E-state index contributed by atoms with van der Waals surface area (Å²) in [5.41, 5.74) is 26.9. The van der Waals surface area contributed by atoms with Crippen molar-refractivity contribution in [2.45, 2.75) is 0 Å². The van der Waals surface area contributed by atoms with E-state index in [1.807, 2.05) is 0 Å². The van der Waals surface area contributed by atoms with Crippen LogP contribution >= 0.6 is 0 Å². The highest BCUT2D eigenvalue weighted by Crippen LogP contribution is 2.46. The van der Waals surface area contributed by atoms with Crippen molar-refractivity contribution in [2.75, 3.05) is 0 Å². The standard InChI is InChI=1S/C94H61N/c1-5-21-62(22-6-1)64-37-41-66(42-38-64)76-53-77(67-43-39-65(40-44-67)63-23-7-2-8-24-63)55-78(54-76)95-93-51-47-72(81-49-45-74(58-87(81)68-25-9-3-10-26-68)89-56-70-29-13-15-31-79(70)83-33-17-19-35-85(83)89)60-91(93)92-61-73(48-52-94(92)95)82-50-46-75(59-88(82)69-27-11-4-12-28-69)90-57-71-30-14-16-32-80(71)84-34-18-20-36-86(84)90/h1-61H.